The van der Waals surface area contributed by atoms with Crippen LogP contribution in [0.1, 0.15) is 38.5 Å². The molecule has 1 saturated carbocycles. The van der Waals surface area contributed by atoms with Gasteiger partial charge < -0.3 is 15.1 Å². The monoisotopic (exact) mass is 321 g/mol. The fraction of sp³-hybridized carbons (Fsp3) is 0.933. The van der Waals surface area contributed by atoms with E-state index in [4.69, 9.17) is 0 Å². The van der Waals surface area contributed by atoms with Crippen LogP contribution in [-0.2, 0) is 0 Å². The maximum Gasteiger partial charge on any atom is 0.390 e. The maximum absolute atomic E-state index is 12.4. The van der Waals surface area contributed by atoms with E-state index in [1.54, 1.807) is 0 Å². The molecule has 128 valence electrons. The van der Waals surface area contributed by atoms with Crippen LogP contribution in [-0.4, -0.2) is 61.3 Å². The summed E-state index contributed by atoms with van der Waals surface area (Å²) in [5, 5.41) is 2.85. The number of piperidine rings is 1. The summed E-state index contributed by atoms with van der Waals surface area (Å²) in [6, 6.07) is -0.349. The van der Waals surface area contributed by atoms with E-state index in [1.165, 1.54) is 4.90 Å². The molecule has 2 amide bonds. The van der Waals surface area contributed by atoms with Crippen molar-refractivity contribution >= 4 is 6.03 Å². The second-order valence-electron chi connectivity index (χ2n) is 6.60. The van der Waals surface area contributed by atoms with E-state index in [0.29, 0.717) is 12.5 Å². The van der Waals surface area contributed by atoms with Gasteiger partial charge in [-0.2, -0.15) is 13.2 Å². The number of carbonyl (C=O) groups excluding carboxylic acids is 1. The minimum Gasteiger partial charge on any atom is -0.338 e. The van der Waals surface area contributed by atoms with Gasteiger partial charge in [-0.3, -0.25) is 0 Å². The SMILES string of the molecule is CN1CCC[C@@H](CNC(=O)N(CCC(F)(F)F)C2CCC2)C1. The lowest BCUT2D eigenvalue weighted by molar-refractivity contribution is -0.137. The molecule has 0 bridgehead atoms. The number of nitrogens with zero attached hydrogens (tertiary/aromatic N) is 2. The first-order chi connectivity index (χ1) is 10.3. The molecule has 1 N–H and O–H groups in total. The van der Waals surface area contributed by atoms with Crippen LogP contribution in [0.4, 0.5) is 18.0 Å². The quantitative estimate of drug-likeness (QED) is 0.845. The van der Waals surface area contributed by atoms with E-state index < -0.39 is 12.6 Å². The summed E-state index contributed by atoms with van der Waals surface area (Å²) in [4.78, 5) is 15.9. The highest BCUT2D eigenvalue weighted by molar-refractivity contribution is 5.74. The molecule has 0 unspecified atom stereocenters. The molecule has 0 aromatic rings. The van der Waals surface area contributed by atoms with Crippen molar-refractivity contribution < 1.29 is 18.0 Å². The van der Waals surface area contributed by atoms with Crippen molar-refractivity contribution in [2.75, 3.05) is 33.2 Å². The Bertz CT molecular complexity index is 372. The summed E-state index contributed by atoms with van der Waals surface area (Å²) in [6.45, 7) is 2.33. The third kappa shape index (κ3) is 5.34. The van der Waals surface area contributed by atoms with Crippen LogP contribution in [0.5, 0.6) is 0 Å². The van der Waals surface area contributed by atoms with Gasteiger partial charge in [-0.15, -0.1) is 0 Å². The molecule has 1 heterocycles. The van der Waals surface area contributed by atoms with Crippen LogP contribution >= 0.6 is 0 Å². The number of halogens is 3. The van der Waals surface area contributed by atoms with Crippen LogP contribution in [0.25, 0.3) is 0 Å². The molecule has 0 spiro atoms. The zero-order valence-electron chi connectivity index (χ0n) is 13.2. The molecule has 1 atom stereocenters. The van der Waals surface area contributed by atoms with Crippen molar-refractivity contribution in [1.82, 2.24) is 15.1 Å². The number of nitrogens with one attached hydrogen (secondary N) is 1. The van der Waals surface area contributed by atoms with Crippen LogP contribution in [0, 0.1) is 5.92 Å². The maximum atomic E-state index is 12.4. The number of carbonyl (C=O) groups is 1. The minimum atomic E-state index is -4.21. The Labute approximate surface area is 130 Å². The Morgan fingerprint density at radius 3 is 2.55 bits per heavy atom. The molecule has 2 rings (SSSR count). The van der Waals surface area contributed by atoms with E-state index in [2.05, 4.69) is 17.3 Å². The fourth-order valence-corrected chi connectivity index (χ4v) is 3.17. The zero-order chi connectivity index (χ0) is 16.2. The number of alkyl halides is 3. The molecule has 1 aliphatic carbocycles. The molecule has 1 aliphatic heterocycles. The van der Waals surface area contributed by atoms with E-state index in [9.17, 15) is 18.0 Å². The van der Waals surface area contributed by atoms with Gasteiger partial charge in [0.2, 0.25) is 0 Å². The molecule has 0 aromatic carbocycles. The molecular weight excluding hydrogens is 295 g/mol. The fourth-order valence-electron chi connectivity index (χ4n) is 3.17. The van der Waals surface area contributed by atoms with Gasteiger partial charge in [0.15, 0.2) is 0 Å². The molecule has 1 saturated heterocycles. The summed E-state index contributed by atoms with van der Waals surface area (Å²) >= 11 is 0. The molecule has 0 radical (unpaired) electrons. The van der Waals surface area contributed by atoms with Crippen LogP contribution < -0.4 is 5.32 Å². The van der Waals surface area contributed by atoms with Crippen LogP contribution in [0.15, 0.2) is 0 Å². The van der Waals surface area contributed by atoms with Gasteiger partial charge in [-0.1, -0.05) is 0 Å². The smallest absolute Gasteiger partial charge is 0.338 e. The van der Waals surface area contributed by atoms with E-state index in [-0.39, 0.29) is 18.6 Å². The highest BCUT2D eigenvalue weighted by Gasteiger charge is 2.34. The van der Waals surface area contributed by atoms with Crippen molar-refractivity contribution in [2.45, 2.75) is 50.7 Å². The molecule has 2 aliphatic rings. The topological polar surface area (TPSA) is 35.6 Å². The molecule has 4 nitrogen and oxygen atoms in total. The summed E-state index contributed by atoms with van der Waals surface area (Å²) in [7, 11) is 2.05. The van der Waals surface area contributed by atoms with Gasteiger partial charge in [0.25, 0.3) is 0 Å². The predicted octanol–water partition coefficient (Wildman–Crippen LogP) is 2.84. The predicted molar refractivity (Wildman–Crippen MR) is 78.6 cm³/mol. The van der Waals surface area contributed by atoms with Gasteiger partial charge in [0.1, 0.15) is 0 Å². The van der Waals surface area contributed by atoms with Crippen LogP contribution in [0.3, 0.4) is 0 Å². The largest absolute Gasteiger partial charge is 0.390 e. The van der Waals surface area contributed by atoms with Crippen molar-refractivity contribution in [2.24, 2.45) is 5.92 Å². The third-order valence-corrected chi connectivity index (χ3v) is 4.68. The summed E-state index contributed by atoms with van der Waals surface area (Å²) < 4.78 is 37.3. The summed E-state index contributed by atoms with van der Waals surface area (Å²) in [5.74, 6) is 0.397. The van der Waals surface area contributed by atoms with E-state index in [1.807, 2.05) is 0 Å². The number of hydrogen-bond acceptors (Lipinski definition) is 2. The average Bonchev–Trinajstić information content (AvgIpc) is 2.37. The average molecular weight is 321 g/mol. The van der Waals surface area contributed by atoms with Gasteiger partial charge in [-0.25, -0.2) is 4.79 Å². The van der Waals surface area contributed by atoms with Gasteiger partial charge in [0.05, 0.1) is 6.42 Å². The summed E-state index contributed by atoms with van der Waals surface area (Å²) in [6.07, 6.45) is -0.339. The molecular formula is C15H26F3N3O. The van der Waals surface area contributed by atoms with Gasteiger partial charge in [-0.05, 0) is 51.6 Å². The molecule has 7 heteroatoms. The van der Waals surface area contributed by atoms with Gasteiger partial charge in [0, 0.05) is 25.7 Å². The highest BCUT2D eigenvalue weighted by atomic mass is 19.4. The van der Waals surface area contributed by atoms with Crippen molar-refractivity contribution in [3.05, 3.63) is 0 Å². The van der Waals surface area contributed by atoms with Crippen molar-refractivity contribution in [3.8, 4) is 0 Å². The van der Waals surface area contributed by atoms with E-state index >= 15 is 0 Å². The number of amides is 2. The first-order valence-corrected chi connectivity index (χ1v) is 8.15. The number of rotatable bonds is 5. The minimum absolute atomic E-state index is 0.0172. The Morgan fingerprint density at radius 2 is 2.00 bits per heavy atom. The Hall–Kier alpha value is -0.980. The Balaban J connectivity index is 1.80. The first-order valence-electron chi connectivity index (χ1n) is 8.15. The first kappa shape index (κ1) is 17.4. The molecule has 22 heavy (non-hydrogen) atoms. The second kappa shape index (κ2) is 7.53. The van der Waals surface area contributed by atoms with E-state index in [0.717, 1.165) is 45.2 Å². The third-order valence-electron chi connectivity index (χ3n) is 4.68. The summed E-state index contributed by atoms with van der Waals surface area (Å²) in [5.41, 5.74) is 0. The highest BCUT2D eigenvalue weighted by Crippen LogP contribution is 2.27. The number of urea groups is 1. The Kier molecular flexibility index (Phi) is 5.94. The number of hydrogen-bond donors (Lipinski definition) is 1. The zero-order valence-corrected chi connectivity index (χ0v) is 13.2. The van der Waals surface area contributed by atoms with Crippen molar-refractivity contribution in [3.63, 3.8) is 0 Å². The lowest BCUT2D eigenvalue weighted by Crippen LogP contribution is -2.51. The lowest BCUT2D eigenvalue weighted by atomic mass is 9.91. The van der Waals surface area contributed by atoms with Crippen LogP contribution in [0.2, 0.25) is 0 Å². The molecule has 2 fully saturated rings. The second-order valence-corrected chi connectivity index (χ2v) is 6.60. The standard InChI is InChI=1S/C15H26F3N3O/c1-20-8-3-4-12(11-20)10-19-14(22)21(13-5-2-6-13)9-7-15(16,17)18/h12-13H,2-11H2,1H3,(H,19,22)/t12-/m0/s1. The van der Waals surface area contributed by atoms with Crippen molar-refractivity contribution in [1.29, 1.82) is 0 Å². The lowest BCUT2D eigenvalue weighted by Gasteiger charge is -2.38. The number of likely N-dealkylation sites (tertiary alicyclic amines) is 1. The Morgan fingerprint density at radius 1 is 1.27 bits per heavy atom. The van der Waals surface area contributed by atoms with Gasteiger partial charge >= 0.3 is 12.2 Å². The normalized spacial score (nSPS) is 23.9. The molecule has 0 aromatic heterocycles.